The highest BCUT2D eigenvalue weighted by Gasteiger charge is 2.53. The molecule has 4 unspecified atom stereocenters. The van der Waals surface area contributed by atoms with Crippen LogP contribution in [-0.2, 0) is 4.74 Å². The molecule has 3 heterocycles. The third-order valence-corrected chi connectivity index (χ3v) is 5.41. The van der Waals surface area contributed by atoms with Crippen LogP contribution in [0.3, 0.4) is 0 Å². The van der Waals surface area contributed by atoms with Gasteiger partial charge in [-0.15, -0.1) is 0 Å². The minimum absolute atomic E-state index is 0.0101. The van der Waals surface area contributed by atoms with Crippen LogP contribution in [0.5, 0.6) is 0 Å². The molecule has 4 atom stereocenters. The van der Waals surface area contributed by atoms with Gasteiger partial charge in [0.25, 0.3) is 0 Å². The summed E-state index contributed by atoms with van der Waals surface area (Å²) in [6.45, 7) is 15.1. The van der Waals surface area contributed by atoms with E-state index in [0.29, 0.717) is 12.1 Å². The van der Waals surface area contributed by atoms with Crippen molar-refractivity contribution in [3.8, 4) is 0 Å². The molecule has 0 aliphatic carbocycles. The second kappa shape index (κ2) is 3.94. The molecule has 0 spiro atoms. The zero-order valence-electron chi connectivity index (χ0n) is 12.5. The quantitative estimate of drug-likeness (QED) is 0.771. The van der Waals surface area contributed by atoms with Crippen molar-refractivity contribution in [3.05, 3.63) is 0 Å². The summed E-state index contributed by atoms with van der Waals surface area (Å²) in [7, 11) is 0. The second-order valence-electron chi connectivity index (χ2n) is 7.70. The molecule has 3 rings (SSSR count). The van der Waals surface area contributed by atoms with Crippen LogP contribution in [0, 0.1) is 11.8 Å². The Hall–Kier alpha value is -0.120. The molecule has 3 aliphatic heterocycles. The molecule has 0 radical (unpaired) electrons. The maximum atomic E-state index is 6.27. The number of rotatable bonds is 1. The lowest BCUT2D eigenvalue weighted by molar-refractivity contribution is -0.0819. The number of hydrogen-bond acceptors (Lipinski definition) is 3. The highest BCUT2D eigenvalue weighted by molar-refractivity contribution is 5.06. The SMILES string of the molecule is CC1C2CNCC2CN1C1CC(C)(C)OC1(C)C. The van der Waals surface area contributed by atoms with E-state index < -0.39 is 0 Å². The Bertz CT molecular complexity index is 339. The van der Waals surface area contributed by atoms with Gasteiger partial charge in [-0.05, 0) is 66.0 Å². The first-order valence-corrected chi connectivity index (χ1v) is 7.47. The van der Waals surface area contributed by atoms with Gasteiger partial charge in [0.15, 0.2) is 0 Å². The van der Waals surface area contributed by atoms with Crippen LogP contribution in [0.2, 0.25) is 0 Å². The fourth-order valence-electron chi connectivity index (χ4n) is 4.66. The van der Waals surface area contributed by atoms with Crippen LogP contribution in [0.4, 0.5) is 0 Å². The maximum Gasteiger partial charge on any atom is 0.0789 e. The zero-order valence-corrected chi connectivity index (χ0v) is 12.5. The van der Waals surface area contributed by atoms with E-state index in [9.17, 15) is 0 Å². The van der Waals surface area contributed by atoms with E-state index in [4.69, 9.17) is 4.74 Å². The van der Waals surface area contributed by atoms with E-state index in [-0.39, 0.29) is 11.2 Å². The topological polar surface area (TPSA) is 24.5 Å². The Balaban J connectivity index is 1.80. The summed E-state index contributed by atoms with van der Waals surface area (Å²) in [6, 6.07) is 1.28. The molecule has 0 aromatic rings. The number of ether oxygens (including phenoxy) is 1. The minimum atomic E-state index is -0.0101. The molecule has 104 valence electrons. The molecule has 0 amide bonds. The summed E-state index contributed by atoms with van der Waals surface area (Å²) in [5.41, 5.74) is 0.0215. The van der Waals surface area contributed by atoms with Crippen molar-refractivity contribution >= 4 is 0 Å². The third kappa shape index (κ3) is 1.91. The Kier molecular flexibility index (Phi) is 2.82. The molecule has 18 heavy (non-hydrogen) atoms. The minimum Gasteiger partial charge on any atom is -0.368 e. The van der Waals surface area contributed by atoms with E-state index in [1.165, 1.54) is 19.6 Å². The van der Waals surface area contributed by atoms with Gasteiger partial charge in [-0.2, -0.15) is 0 Å². The standard InChI is InChI=1S/C15H28N2O/c1-10-12-8-16-7-11(12)9-17(10)13-6-14(2,3)18-15(13,4)5/h10-13,16H,6-9H2,1-5H3. The van der Waals surface area contributed by atoms with Gasteiger partial charge in [0.2, 0.25) is 0 Å². The molecule has 3 nitrogen and oxygen atoms in total. The monoisotopic (exact) mass is 252 g/mol. The summed E-state index contributed by atoms with van der Waals surface area (Å²) in [5.74, 6) is 1.71. The van der Waals surface area contributed by atoms with Crippen molar-refractivity contribution in [2.24, 2.45) is 11.8 Å². The molecule has 0 bridgehead atoms. The van der Waals surface area contributed by atoms with Crippen LogP contribution in [0.25, 0.3) is 0 Å². The van der Waals surface area contributed by atoms with E-state index in [2.05, 4.69) is 44.8 Å². The van der Waals surface area contributed by atoms with Gasteiger partial charge in [-0.1, -0.05) is 0 Å². The number of fused-ring (bicyclic) bond motifs is 1. The predicted octanol–water partition coefficient (Wildman–Crippen LogP) is 1.87. The first kappa shape index (κ1) is 12.9. The highest BCUT2D eigenvalue weighted by Crippen LogP contribution is 2.44. The van der Waals surface area contributed by atoms with Crippen LogP contribution >= 0.6 is 0 Å². The van der Waals surface area contributed by atoms with Crippen LogP contribution in [-0.4, -0.2) is 47.8 Å². The lowest BCUT2D eigenvalue weighted by Crippen LogP contribution is -2.49. The van der Waals surface area contributed by atoms with E-state index >= 15 is 0 Å². The number of nitrogens with zero attached hydrogens (tertiary/aromatic N) is 1. The van der Waals surface area contributed by atoms with Crippen molar-refractivity contribution in [2.75, 3.05) is 19.6 Å². The molecule has 0 aromatic heterocycles. The Morgan fingerprint density at radius 1 is 1.17 bits per heavy atom. The number of likely N-dealkylation sites (tertiary alicyclic amines) is 1. The van der Waals surface area contributed by atoms with Gasteiger partial charge in [-0.3, -0.25) is 4.90 Å². The summed E-state index contributed by atoms with van der Waals surface area (Å²) in [5, 5.41) is 3.54. The lowest BCUT2D eigenvalue weighted by atomic mass is 9.91. The van der Waals surface area contributed by atoms with E-state index in [0.717, 1.165) is 18.3 Å². The first-order valence-electron chi connectivity index (χ1n) is 7.47. The lowest BCUT2D eigenvalue weighted by Gasteiger charge is -2.37. The van der Waals surface area contributed by atoms with Gasteiger partial charge < -0.3 is 10.1 Å². The van der Waals surface area contributed by atoms with Crippen molar-refractivity contribution in [1.29, 1.82) is 0 Å². The average Bonchev–Trinajstić information content (AvgIpc) is 2.82. The van der Waals surface area contributed by atoms with Gasteiger partial charge >= 0.3 is 0 Å². The van der Waals surface area contributed by atoms with E-state index in [1.54, 1.807) is 0 Å². The molecule has 1 N–H and O–H groups in total. The Labute approximate surface area is 111 Å². The Morgan fingerprint density at radius 2 is 1.89 bits per heavy atom. The van der Waals surface area contributed by atoms with Gasteiger partial charge in [0.1, 0.15) is 0 Å². The second-order valence-corrected chi connectivity index (χ2v) is 7.70. The summed E-state index contributed by atoms with van der Waals surface area (Å²) >= 11 is 0. The number of hydrogen-bond donors (Lipinski definition) is 1. The van der Waals surface area contributed by atoms with Gasteiger partial charge in [0, 0.05) is 18.6 Å². The van der Waals surface area contributed by atoms with Crippen molar-refractivity contribution in [1.82, 2.24) is 10.2 Å². The smallest absolute Gasteiger partial charge is 0.0789 e. The molecular formula is C15H28N2O. The Morgan fingerprint density at radius 3 is 2.44 bits per heavy atom. The molecule has 0 aromatic carbocycles. The van der Waals surface area contributed by atoms with Gasteiger partial charge in [-0.25, -0.2) is 0 Å². The summed E-state index contributed by atoms with van der Waals surface area (Å²) < 4.78 is 6.27. The van der Waals surface area contributed by atoms with Crippen LogP contribution < -0.4 is 5.32 Å². The van der Waals surface area contributed by atoms with Crippen molar-refractivity contribution in [3.63, 3.8) is 0 Å². The zero-order chi connectivity index (χ0) is 13.1. The third-order valence-electron chi connectivity index (χ3n) is 5.41. The largest absolute Gasteiger partial charge is 0.368 e. The molecular weight excluding hydrogens is 224 g/mol. The van der Waals surface area contributed by atoms with Crippen LogP contribution in [0.15, 0.2) is 0 Å². The van der Waals surface area contributed by atoms with Crippen LogP contribution in [0.1, 0.15) is 41.0 Å². The van der Waals surface area contributed by atoms with Crippen molar-refractivity contribution < 1.29 is 4.74 Å². The highest BCUT2D eigenvalue weighted by atomic mass is 16.5. The fraction of sp³-hybridized carbons (Fsp3) is 1.00. The first-order chi connectivity index (χ1) is 8.30. The normalized spacial score (nSPS) is 46.5. The van der Waals surface area contributed by atoms with Gasteiger partial charge in [0.05, 0.1) is 11.2 Å². The summed E-state index contributed by atoms with van der Waals surface area (Å²) in [6.07, 6.45) is 1.16. The maximum absolute atomic E-state index is 6.27. The molecule has 0 saturated carbocycles. The average molecular weight is 252 g/mol. The summed E-state index contributed by atoms with van der Waals surface area (Å²) in [4.78, 5) is 2.74. The predicted molar refractivity (Wildman–Crippen MR) is 73.7 cm³/mol. The number of nitrogens with one attached hydrogen (secondary N) is 1. The molecule has 3 heteroatoms. The van der Waals surface area contributed by atoms with Crippen molar-refractivity contribution in [2.45, 2.75) is 64.3 Å². The molecule has 3 saturated heterocycles. The van der Waals surface area contributed by atoms with E-state index in [1.807, 2.05) is 0 Å². The molecule has 3 aliphatic rings. The fourth-order valence-corrected chi connectivity index (χ4v) is 4.66. The molecule has 3 fully saturated rings.